The number of nitrogens with one attached hydrogen (secondary N) is 1. The van der Waals surface area contributed by atoms with Crippen LogP contribution >= 0.6 is 0 Å². The smallest absolute Gasteiger partial charge is 0.313 e. The number of hydrogen-bond donors (Lipinski definition) is 1. The largest absolute Gasteiger partial charge is 0.416 e. The molecule has 1 aromatic rings. The van der Waals surface area contributed by atoms with Crippen LogP contribution in [0, 0.1) is 0 Å². The Bertz CT molecular complexity index is 306. The van der Waals surface area contributed by atoms with Crippen LogP contribution in [0.2, 0.25) is 0 Å². The van der Waals surface area contributed by atoms with Gasteiger partial charge in [-0.1, -0.05) is 18.2 Å². The number of halogens is 3. The van der Waals surface area contributed by atoms with Crippen molar-refractivity contribution in [3.63, 3.8) is 0 Å². The molecule has 1 N–H and O–H groups in total. The molecule has 1 aromatic carbocycles. The van der Waals surface area contributed by atoms with Crippen LogP contribution in [0.1, 0.15) is 24.1 Å². The lowest BCUT2D eigenvalue weighted by Crippen LogP contribution is -2.18. The van der Waals surface area contributed by atoms with Gasteiger partial charge in [0, 0.05) is 6.04 Å². The molecular weight excluding hydrogens is 191 g/mol. The van der Waals surface area contributed by atoms with Crippen LogP contribution in [-0.2, 0) is 6.18 Å². The van der Waals surface area contributed by atoms with E-state index in [1.165, 1.54) is 12.1 Å². The van der Waals surface area contributed by atoms with E-state index in [0.29, 0.717) is 0 Å². The molecule has 14 heavy (non-hydrogen) atoms. The van der Waals surface area contributed by atoms with Gasteiger partial charge in [0.15, 0.2) is 0 Å². The van der Waals surface area contributed by atoms with Crippen molar-refractivity contribution in [2.75, 3.05) is 7.05 Å². The standard InChI is InChI=1S/C10H12F3N/c1-7(14-2)8-5-3-4-6-9(8)10(11,12)13/h3-7,14H,1-2H3. The minimum Gasteiger partial charge on any atom is -0.313 e. The fourth-order valence-electron chi connectivity index (χ4n) is 1.29. The Morgan fingerprint density at radius 3 is 2.29 bits per heavy atom. The third-order valence-electron chi connectivity index (χ3n) is 2.17. The molecule has 0 saturated heterocycles. The summed E-state index contributed by atoms with van der Waals surface area (Å²) in [7, 11) is 1.64. The zero-order chi connectivity index (χ0) is 10.8. The summed E-state index contributed by atoms with van der Waals surface area (Å²) in [5.74, 6) is 0. The van der Waals surface area contributed by atoms with Crippen molar-refractivity contribution in [3.8, 4) is 0 Å². The number of rotatable bonds is 2. The van der Waals surface area contributed by atoms with Gasteiger partial charge < -0.3 is 5.32 Å². The molecule has 0 aliphatic carbocycles. The lowest BCUT2D eigenvalue weighted by Gasteiger charge is -2.17. The Hall–Kier alpha value is -1.03. The van der Waals surface area contributed by atoms with Gasteiger partial charge in [0.25, 0.3) is 0 Å². The second-order valence-corrected chi connectivity index (χ2v) is 3.10. The molecule has 1 atom stereocenters. The van der Waals surface area contributed by atoms with E-state index in [0.717, 1.165) is 6.07 Å². The van der Waals surface area contributed by atoms with Crippen molar-refractivity contribution in [1.82, 2.24) is 5.32 Å². The lowest BCUT2D eigenvalue weighted by molar-refractivity contribution is -0.138. The topological polar surface area (TPSA) is 12.0 Å². The van der Waals surface area contributed by atoms with Gasteiger partial charge in [-0.25, -0.2) is 0 Å². The van der Waals surface area contributed by atoms with Gasteiger partial charge in [0.2, 0.25) is 0 Å². The minimum absolute atomic E-state index is 0.280. The third kappa shape index (κ3) is 2.26. The summed E-state index contributed by atoms with van der Waals surface area (Å²) in [6.45, 7) is 1.70. The molecule has 4 heteroatoms. The van der Waals surface area contributed by atoms with Crippen LogP contribution in [0.3, 0.4) is 0 Å². The Labute approximate surface area is 80.9 Å². The van der Waals surface area contributed by atoms with Crippen molar-refractivity contribution in [3.05, 3.63) is 35.4 Å². The Morgan fingerprint density at radius 2 is 1.79 bits per heavy atom. The van der Waals surface area contributed by atoms with Crippen molar-refractivity contribution in [1.29, 1.82) is 0 Å². The number of benzene rings is 1. The first-order valence-electron chi connectivity index (χ1n) is 4.30. The van der Waals surface area contributed by atoms with Gasteiger partial charge in [-0.2, -0.15) is 13.2 Å². The Morgan fingerprint density at radius 1 is 1.21 bits per heavy atom. The normalized spacial score (nSPS) is 14.1. The molecule has 0 bridgehead atoms. The highest BCUT2D eigenvalue weighted by Gasteiger charge is 2.33. The second kappa shape index (κ2) is 4.00. The number of hydrogen-bond acceptors (Lipinski definition) is 1. The van der Waals surface area contributed by atoms with E-state index >= 15 is 0 Å². The summed E-state index contributed by atoms with van der Waals surface area (Å²) >= 11 is 0. The lowest BCUT2D eigenvalue weighted by atomic mass is 10.0. The quantitative estimate of drug-likeness (QED) is 0.779. The fraction of sp³-hybridized carbons (Fsp3) is 0.400. The summed E-state index contributed by atoms with van der Waals surface area (Å²) in [6.07, 6.45) is -4.28. The van der Waals surface area contributed by atoms with Gasteiger partial charge in [-0.3, -0.25) is 0 Å². The molecule has 0 heterocycles. The average molecular weight is 203 g/mol. The predicted octanol–water partition coefficient (Wildman–Crippen LogP) is 2.99. The van der Waals surface area contributed by atoms with E-state index in [1.807, 2.05) is 0 Å². The Kier molecular flexibility index (Phi) is 3.16. The molecule has 0 spiro atoms. The van der Waals surface area contributed by atoms with Crippen LogP contribution in [0.5, 0.6) is 0 Å². The second-order valence-electron chi connectivity index (χ2n) is 3.10. The molecule has 1 rings (SSSR count). The maximum atomic E-state index is 12.5. The first-order valence-corrected chi connectivity index (χ1v) is 4.30. The summed E-state index contributed by atoms with van der Waals surface area (Å²) in [5.41, 5.74) is -0.288. The third-order valence-corrected chi connectivity index (χ3v) is 2.17. The number of alkyl halides is 3. The molecule has 0 aliphatic rings. The van der Waals surface area contributed by atoms with Crippen LogP contribution in [0.25, 0.3) is 0 Å². The van der Waals surface area contributed by atoms with Gasteiger partial charge in [0.1, 0.15) is 0 Å². The summed E-state index contributed by atoms with van der Waals surface area (Å²) in [6, 6.07) is 5.30. The molecule has 78 valence electrons. The zero-order valence-electron chi connectivity index (χ0n) is 8.02. The van der Waals surface area contributed by atoms with E-state index in [-0.39, 0.29) is 11.6 Å². The molecule has 0 radical (unpaired) electrons. The van der Waals surface area contributed by atoms with E-state index in [9.17, 15) is 13.2 Å². The zero-order valence-corrected chi connectivity index (χ0v) is 8.02. The monoisotopic (exact) mass is 203 g/mol. The van der Waals surface area contributed by atoms with Crippen molar-refractivity contribution in [2.24, 2.45) is 0 Å². The first-order chi connectivity index (χ1) is 6.46. The molecule has 0 amide bonds. The predicted molar refractivity (Wildman–Crippen MR) is 48.9 cm³/mol. The molecule has 1 nitrogen and oxygen atoms in total. The summed E-state index contributed by atoms with van der Waals surface area (Å²) in [5, 5.41) is 2.79. The van der Waals surface area contributed by atoms with Crippen molar-refractivity contribution in [2.45, 2.75) is 19.1 Å². The van der Waals surface area contributed by atoms with Gasteiger partial charge in [-0.15, -0.1) is 0 Å². The van der Waals surface area contributed by atoms with Crippen molar-refractivity contribution >= 4 is 0 Å². The molecule has 0 aromatic heterocycles. The molecule has 1 unspecified atom stereocenters. The van der Waals surface area contributed by atoms with E-state index < -0.39 is 11.7 Å². The fourth-order valence-corrected chi connectivity index (χ4v) is 1.29. The maximum Gasteiger partial charge on any atom is 0.416 e. The highest BCUT2D eigenvalue weighted by Crippen LogP contribution is 2.34. The van der Waals surface area contributed by atoms with E-state index in [4.69, 9.17) is 0 Å². The van der Waals surface area contributed by atoms with E-state index in [2.05, 4.69) is 5.32 Å². The van der Waals surface area contributed by atoms with Crippen LogP contribution in [0.4, 0.5) is 13.2 Å². The van der Waals surface area contributed by atoms with Crippen LogP contribution in [-0.4, -0.2) is 7.05 Å². The Balaban J connectivity index is 3.16. The van der Waals surface area contributed by atoms with E-state index in [1.54, 1.807) is 20.0 Å². The average Bonchev–Trinajstić information content (AvgIpc) is 2.15. The van der Waals surface area contributed by atoms with Gasteiger partial charge in [-0.05, 0) is 25.6 Å². The minimum atomic E-state index is -4.28. The van der Waals surface area contributed by atoms with Crippen LogP contribution < -0.4 is 5.32 Å². The molecule has 0 aliphatic heterocycles. The maximum absolute atomic E-state index is 12.5. The highest BCUT2D eigenvalue weighted by atomic mass is 19.4. The van der Waals surface area contributed by atoms with Gasteiger partial charge >= 0.3 is 6.18 Å². The SMILES string of the molecule is CNC(C)c1ccccc1C(F)(F)F. The molecule has 0 fully saturated rings. The summed E-state index contributed by atoms with van der Waals surface area (Å²) in [4.78, 5) is 0. The van der Waals surface area contributed by atoms with Crippen LogP contribution in [0.15, 0.2) is 24.3 Å². The van der Waals surface area contributed by atoms with Gasteiger partial charge in [0.05, 0.1) is 5.56 Å². The summed E-state index contributed by atoms with van der Waals surface area (Å²) < 4.78 is 37.6. The highest BCUT2D eigenvalue weighted by molar-refractivity contribution is 5.31. The molecular formula is C10H12F3N. The van der Waals surface area contributed by atoms with Crippen molar-refractivity contribution < 1.29 is 13.2 Å². The first kappa shape index (κ1) is 11.0. The molecule has 0 saturated carbocycles.